The number of nitrogens with one attached hydrogen (secondary N) is 2. The van der Waals surface area contributed by atoms with Gasteiger partial charge < -0.3 is 20.1 Å². The number of para-hydroxylation sites is 2. The molecular formula is C39H33N3O5S2. The molecule has 246 valence electrons. The predicted octanol–water partition coefficient (Wildman–Crippen LogP) is 8.42. The smallest absolute Gasteiger partial charge is 0.272 e. The number of benzene rings is 5. The van der Waals surface area contributed by atoms with Gasteiger partial charge in [-0.05, 0) is 85.8 Å². The minimum Gasteiger partial charge on any atom is -0.497 e. The number of hydrogen-bond acceptors (Lipinski definition) is 7. The second-order valence-electron chi connectivity index (χ2n) is 10.9. The third-order valence-electron chi connectivity index (χ3n) is 7.69. The molecule has 0 saturated carbocycles. The van der Waals surface area contributed by atoms with E-state index in [1.807, 2.05) is 78.6 Å². The van der Waals surface area contributed by atoms with Crippen LogP contribution in [0.5, 0.6) is 11.5 Å². The lowest BCUT2D eigenvalue weighted by molar-refractivity contribution is -0.117. The van der Waals surface area contributed by atoms with Crippen LogP contribution >= 0.6 is 23.5 Å². The van der Waals surface area contributed by atoms with Crippen molar-refractivity contribution in [2.24, 2.45) is 0 Å². The molecule has 0 spiro atoms. The minimum atomic E-state index is -0.522. The molecule has 3 amide bonds. The van der Waals surface area contributed by atoms with Crippen molar-refractivity contribution >= 4 is 64.4 Å². The Balaban J connectivity index is 1.19. The lowest BCUT2D eigenvalue weighted by Gasteiger charge is -2.32. The number of hydrogen-bond donors (Lipinski definition) is 2. The average molecular weight is 688 g/mol. The fourth-order valence-corrected chi connectivity index (χ4v) is 7.19. The highest BCUT2D eigenvalue weighted by Crippen LogP contribution is 2.48. The van der Waals surface area contributed by atoms with Gasteiger partial charge in [0.25, 0.3) is 11.8 Å². The maximum absolute atomic E-state index is 13.9. The second-order valence-corrected chi connectivity index (χ2v) is 13.4. The van der Waals surface area contributed by atoms with Crippen LogP contribution in [0.3, 0.4) is 0 Å². The van der Waals surface area contributed by atoms with Crippen molar-refractivity contribution in [1.82, 2.24) is 5.32 Å². The van der Waals surface area contributed by atoms with Crippen LogP contribution in [-0.2, 0) is 9.59 Å². The number of ether oxygens (including phenoxy) is 2. The van der Waals surface area contributed by atoms with E-state index in [1.165, 1.54) is 18.9 Å². The van der Waals surface area contributed by atoms with Gasteiger partial charge in [0.1, 0.15) is 17.2 Å². The van der Waals surface area contributed by atoms with Crippen molar-refractivity contribution in [2.45, 2.75) is 26.9 Å². The Morgan fingerprint density at radius 3 is 2.04 bits per heavy atom. The summed E-state index contributed by atoms with van der Waals surface area (Å²) in [4.78, 5) is 45.4. The van der Waals surface area contributed by atoms with Crippen molar-refractivity contribution in [1.29, 1.82) is 0 Å². The zero-order valence-electron chi connectivity index (χ0n) is 27.0. The molecule has 8 nitrogen and oxygen atoms in total. The van der Waals surface area contributed by atoms with Crippen LogP contribution in [-0.4, -0.2) is 37.2 Å². The first-order valence-corrected chi connectivity index (χ1v) is 17.1. The van der Waals surface area contributed by atoms with E-state index in [0.29, 0.717) is 28.3 Å². The van der Waals surface area contributed by atoms with Gasteiger partial charge in [-0.3, -0.25) is 19.3 Å². The van der Waals surface area contributed by atoms with E-state index in [0.717, 1.165) is 26.1 Å². The molecule has 10 heteroatoms. The molecule has 0 aromatic heterocycles. The van der Waals surface area contributed by atoms with Gasteiger partial charge in [0, 0.05) is 37.6 Å². The molecule has 0 fully saturated rings. The molecule has 1 atom stereocenters. The van der Waals surface area contributed by atoms with Crippen LogP contribution < -0.4 is 25.0 Å². The Kier molecular flexibility index (Phi) is 10.4. The number of carbonyl (C=O) groups excluding carboxylic acids is 3. The van der Waals surface area contributed by atoms with E-state index in [2.05, 4.69) is 10.6 Å². The second kappa shape index (κ2) is 15.2. The van der Waals surface area contributed by atoms with Crippen LogP contribution in [0.25, 0.3) is 6.08 Å². The largest absolute Gasteiger partial charge is 0.497 e. The fourth-order valence-electron chi connectivity index (χ4n) is 5.23. The van der Waals surface area contributed by atoms with E-state index >= 15 is 0 Å². The third kappa shape index (κ3) is 7.66. The van der Waals surface area contributed by atoms with Gasteiger partial charge in [-0.15, -0.1) is 11.8 Å². The lowest BCUT2D eigenvalue weighted by atomic mass is 10.1. The molecule has 1 aliphatic heterocycles. The van der Waals surface area contributed by atoms with Gasteiger partial charge in [-0.25, -0.2) is 0 Å². The molecule has 0 radical (unpaired) electrons. The van der Waals surface area contributed by atoms with Gasteiger partial charge in [-0.1, -0.05) is 54.2 Å². The molecule has 6 rings (SSSR count). The van der Waals surface area contributed by atoms with Crippen LogP contribution in [0, 0.1) is 0 Å². The highest BCUT2D eigenvalue weighted by molar-refractivity contribution is 8.00. The molecule has 0 aliphatic carbocycles. The van der Waals surface area contributed by atoms with Crippen molar-refractivity contribution in [2.75, 3.05) is 24.4 Å². The third-order valence-corrected chi connectivity index (χ3v) is 9.92. The molecule has 2 N–H and O–H groups in total. The van der Waals surface area contributed by atoms with E-state index in [-0.39, 0.29) is 11.6 Å². The van der Waals surface area contributed by atoms with Crippen molar-refractivity contribution in [3.05, 3.63) is 138 Å². The van der Waals surface area contributed by atoms with Crippen LogP contribution in [0.2, 0.25) is 0 Å². The highest BCUT2D eigenvalue weighted by atomic mass is 32.2. The first kappa shape index (κ1) is 33.5. The first-order valence-electron chi connectivity index (χ1n) is 15.4. The van der Waals surface area contributed by atoms with Crippen molar-refractivity contribution < 1.29 is 23.9 Å². The first-order chi connectivity index (χ1) is 23.8. The van der Waals surface area contributed by atoms with Crippen molar-refractivity contribution in [3.63, 3.8) is 0 Å². The van der Waals surface area contributed by atoms with E-state index in [9.17, 15) is 14.4 Å². The summed E-state index contributed by atoms with van der Waals surface area (Å²) in [5.41, 5.74) is 3.27. The Labute approximate surface area is 293 Å². The standard InChI is InChI=1S/C39H33N3O5S2/c1-25(39(45)42-32-13-7-9-15-35(32)49-36-16-10-8-14-33(36)42)48-30-21-18-28(19-22-30)40-38(44)31(41-37(43)26-11-5-4-6-12-26)23-27-17-20-29(46-2)24-34(27)47-3/h4-25H,1-3H3,(H,40,44)(H,41,43)/b31-23-. The summed E-state index contributed by atoms with van der Waals surface area (Å²) in [6, 6.07) is 36.9. The number of fused-ring (bicyclic) bond motifs is 2. The number of carbonyl (C=O) groups is 3. The van der Waals surface area contributed by atoms with E-state index in [4.69, 9.17) is 9.47 Å². The normalized spacial score (nSPS) is 12.6. The highest BCUT2D eigenvalue weighted by Gasteiger charge is 2.31. The summed E-state index contributed by atoms with van der Waals surface area (Å²) in [6.07, 6.45) is 1.56. The van der Waals surface area contributed by atoms with E-state index < -0.39 is 17.1 Å². The molecule has 0 saturated heterocycles. The molecule has 5 aromatic rings. The summed E-state index contributed by atoms with van der Waals surface area (Å²) >= 11 is 3.10. The summed E-state index contributed by atoms with van der Waals surface area (Å²) in [5, 5.41) is 5.24. The van der Waals surface area contributed by atoms with Gasteiger partial charge >= 0.3 is 0 Å². The minimum absolute atomic E-state index is 0.0234. The quantitative estimate of drug-likeness (QED) is 0.112. The maximum Gasteiger partial charge on any atom is 0.272 e. The van der Waals surface area contributed by atoms with Crippen LogP contribution in [0.4, 0.5) is 17.1 Å². The average Bonchev–Trinajstić information content (AvgIpc) is 3.14. The zero-order chi connectivity index (χ0) is 34.3. The summed E-state index contributed by atoms with van der Waals surface area (Å²) in [6.45, 7) is 1.90. The summed E-state index contributed by atoms with van der Waals surface area (Å²) < 4.78 is 10.8. The molecule has 1 heterocycles. The van der Waals surface area contributed by atoms with Gasteiger partial charge in [-0.2, -0.15) is 0 Å². The summed E-state index contributed by atoms with van der Waals surface area (Å²) in [7, 11) is 3.07. The molecule has 0 bridgehead atoms. The number of anilines is 3. The number of rotatable bonds is 10. The molecule has 49 heavy (non-hydrogen) atoms. The number of nitrogens with zero attached hydrogens (tertiary/aromatic N) is 1. The Morgan fingerprint density at radius 1 is 0.776 bits per heavy atom. The number of amides is 3. The predicted molar refractivity (Wildman–Crippen MR) is 196 cm³/mol. The number of methoxy groups -OCH3 is 2. The molecular weight excluding hydrogens is 655 g/mol. The topological polar surface area (TPSA) is 97.0 Å². The lowest BCUT2D eigenvalue weighted by Crippen LogP contribution is -2.34. The Hall–Kier alpha value is -5.45. The fraction of sp³-hybridized carbons (Fsp3) is 0.103. The van der Waals surface area contributed by atoms with Crippen LogP contribution in [0.15, 0.2) is 142 Å². The molecule has 1 unspecified atom stereocenters. The Bertz CT molecular complexity index is 1990. The van der Waals surface area contributed by atoms with Gasteiger partial charge in [0.15, 0.2) is 0 Å². The van der Waals surface area contributed by atoms with Gasteiger partial charge in [0.2, 0.25) is 5.91 Å². The van der Waals surface area contributed by atoms with Gasteiger partial charge in [0.05, 0.1) is 30.8 Å². The van der Waals surface area contributed by atoms with Crippen LogP contribution in [0.1, 0.15) is 22.8 Å². The zero-order valence-corrected chi connectivity index (χ0v) is 28.6. The monoisotopic (exact) mass is 687 g/mol. The summed E-state index contributed by atoms with van der Waals surface area (Å²) in [5.74, 6) is 0.0788. The van der Waals surface area contributed by atoms with Crippen molar-refractivity contribution in [3.8, 4) is 11.5 Å². The Morgan fingerprint density at radius 2 is 1.41 bits per heavy atom. The molecule has 1 aliphatic rings. The maximum atomic E-state index is 13.9. The molecule has 5 aromatic carbocycles. The SMILES string of the molecule is COc1ccc(/C=C(\NC(=O)c2ccccc2)C(=O)Nc2ccc(SC(C)C(=O)N3c4ccccc4Sc4ccccc43)cc2)c(OC)c1. The number of thioether (sulfide) groups is 1. The van der Waals surface area contributed by atoms with E-state index in [1.54, 1.807) is 79.5 Å².